The summed E-state index contributed by atoms with van der Waals surface area (Å²) in [6.07, 6.45) is 0.690. The molecule has 1 aromatic heterocycles. The molecule has 2 heterocycles. The second kappa shape index (κ2) is 5.00. The summed E-state index contributed by atoms with van der Waals surface area (Å²) in [6.45, 7) is 3.32. The van der Waals surface area contributed by atoms with E-state index in [1.165, 1.54) is 0 Å². The van der Waals surface area contributed by atoms with Crippen LogP contribution in [0.25, 0.3) is 11.0 Å². The van der Waals surface area contributed by atoms with Gasteiger partial charge >= 0.3 is 0 Å². The molecule has 5 nitrogen and oxygen atoms in total. The van der Waals surface area contributed by atoms with Crippen LogP contribution >= 0.6 is 0 Å². The minimum atomic E-state index is -0.534. The second-order valence-electron chi connectivity index (χ2n) is 5.96. The number of benzene rings is 1. The van der Waals surface area contributed by atoms with Crippen LogP contribution in [0.4, 0.5) is 0 Å². The lowest BCUT2D eigenvalue weighted by Gasteiger charge is -2.20. The number of furan rings is 1. The van der Waals surface area contributed by atoms with Crippen LogP contribution in [0.3, 0.4) is 0 Å². The summed E-state index contributed by atoms with van der Waals surface area (Å²) in [5.41, 5.74) is 5.60. The monoisotopic (exact) mass is 286 g/mol. The summed E-state index contributed by atoms with van der Waals surface area (Å²) >= 11 is 0. The van der Waals surface area contributed by atoms with E-state index in [1.54, 1.807) is 6.07 Å². The predicted molar refractivity (Wildman–Crippen MR) is 78.9 cm³/mol. The first-order chi connectivity index (χ1) is 9.98. The van der Waals surface area contributed by atoms with Gasteiger partial charge in [-0.05, 0) is 32.0 Å². The van der Waals surface area contributed by atoms with Crippen LogP contribution in [0.1, 0.15) is 23.9 Å². The lowest BCUT2D eigenvalue weighted by Crippen LogP contribution is -2.38. The Bertz CT molecular complexity index is 673. The molecule has 2 N–H and O–H groups in total. The van der Waals surface area contributed by atoms with Gasteiger partial charge in [-0.2, -0.15) is 0 Å². The van der Waals surface area contributed by atoms with Crippen molar-refractivity contribution in [2.75, 3.05) is 19.6 Å². The van der Waals surface area contributed by atoms with E-state index in [0.29, 0.717) is 30.9 Å². The molecule has 1 unspecified atom stereocenters. The van der Waals surface area contributed by atoms with Gasteiger partial charge in [0, 0.05) is 11.9 Å². The summed E-state index contributed by atoms with van der Waals surface area (Å²) < 4.78 is 5.57. The molecule has 0 radical (unpaired) electrons. The Morgan fingerprint density at radius 3 is 2.81 bits per heavy atom. The SMILES string of the molecule is CC1(C(N)=O)CCN(CC(=O)c2cc3ccccc3o2)C1. The van der Waals surface area contributed by atoms with E-state index in [4.69, 9.17) is 10.2 Å². The van der Waals surface area contributed by atoms with Crippen molar-refractivity contribution < 1.29 is 14.0 Å². The average molecular weight is 286 g/mol. The Balaban J connectivity index is 1.71. The van der Waals surface area contributed by atoms with Crippen LogP contribution in [-0.2, 0) is 4.79 Å². The lowest BCUT2D eigenvalue weighted by atomic mass is 9.89. The Morgan fingerprint density at radius 1 is 1.38 bits per heavy atom. The maximum atomic E-state index is 12.3. The third kappa shape index (κ3) is 2.56. The Kier molecular flexibility index (Phi) is 3.29. The molecule has 1 aliphatic heterocycles. The number of amides is 1. The van der Waals surface area contributed by atoms with Gasteiger partial charge in [-0.25, -0.2) is 0 Å². The van der Waals surface area contributed by atoms with Crippen molar-refractivity contribution in [2.45, 2.75) is 13.3 Å². The first-order valence-electron chi connectivity index (χ1n) is 7.02. The fourth-order valence-corrected chi connectivity index (χ4v) is 2.79. The summed E-state index contributed by atoms with van der Waals surface area (Å²) in [7, 11) is 0. The van der Waals surface area contributed by atoms with E-state index in [1.807, 2.05) is 36.1 Å². The van der Waals surface area contributed by atoms with Gasteiger partial charge in [-0.1, -0.05) is 18.2 Å². The van der Waals surface area contributed by atoms with Crippen LogP contribution in [0, 0.1) is 5.41 Å². The number of carbonyl (C=O) groups excluding carboxylic acids is 2. The molecule has 1 aromatic carbocycles. The van der Waals surface area contributed by atoms with Gasteiger partial charge in [-0.15, -0.1) is 0 Å². The molecule has 1 saturated heterocycles. The van der Waals surface area contributed by atoms with Gasteiger partial charge in [-0.3, -0.25) is 14.5 Å². The molecule has 1 atom stereocenters. The number of likely N-dealkylation sites (tertiary alicyclic amines) is 1. The number of fused-ring (bicyclic) bond motifs is 1. The number of nitrogens with zero attached hydrogens (tertiary/aromatic N) is 1. The predicted octanol–water partition coefficient (Wildman–Crippen LogP) is 1.81. The van der Waals surface area contributed by atoms with Crippen molar-refractivity contribution in [3.63, 3.8) is 0 Å². The van der Waals surface area contributed by atoms with Crippen molar-refractivity contribution in [1.82, 2.24) is 4.90 Å². The highest BCUT2D eigenvalue weighted by Gasteiger charge is 2.39. The van der Waals surface area contributed by atoms with Gasteiger partial charge in [0.2, 0.25) is 11.7 Å². The van der Waals surface area contributed by atoms with Gasteiger partial charge in [0.1, 0.15) is 5.58 Å². The number of nitrogens with two attached hydrogens (primary N) is 1. The second-order valence-corrected chi connectivity index (χ2v) is 5.96. The first kappa shape index (κ1) is 13.8. The van der Waals surface area contributed by atoms with Gasteiger partial charge in [0.15, 0.2) is 5.76 Å². The number of para-hydroxylation sites is 1. The van der Waals surface area contributed by atoms with Crippen molar-refractivity contribution in [1.29, 1.82) is 0 Å². The number of hydrogen-bond donors (Lipinski definition) is 1. The van der Waals surface area contributed by atoms with Crippen molar-refractivity contribution in [3.05, 3.63) is 36.1 Å². The molecule has 2 aromatic rings. The normalized spacial score (nSPS) is 22.7. The zero-order valence-electron chi connectivity index (χ0n) is 12.0. The van der Waals surface area contributed by atoms with Crippen LogP contribution < -0.4 is 5.73 Å². The fraction of sp³-hybridized carbons (Fsp3) is 0.375. The van der Waals surface area contributed by atoms with Crippen molar-refractivity contribution >= 4 is 22.7 Å². The van der Waals surface area contributed by atoms with Gasteiger partial charge in [0.05, 0.1) is 12.0 Å². The molecule has 0 bridgehead atoms. The molecule has 1 fully saturated rings. The fourth-order valence-electron chi connectivity index (χ4n) is 2.79. The Labute approximate surface area is 122 Å². The summed E-state index contributed by atoms with van der Waals surface area (Å²) in [6, 6.07) is 9.30. The Morgan fingerprint density at radius 2 is 2.14 bits per heavy atom. The van der Waals surface area contributed by atoms with Crippen LogP contribution in [-0.4, -0.2) is 36.2 Å². The minimum absolute atomic E-state index is 0.0695. The molecular weight excluding hydrogens is 268 g/mol. The number of primary amides is 1. The standard InChI is InChI=1S/C16H18N2O3/c1-16(15(17)20)6-7-18(10-16)9-12(19)14-8-11-4-2-3-5-13(11)21-14/h2-5,8H,6-7,9-10H2,1H3,(H2,17,20). The zero-order chi connectivity index (χ0) is 15.0. The molecule has 0 aliphatic carbocycles. The van der Waals surface area contributed by atoms with E-state index < -0.39 is 5.41 Å². The van der Waals surface area contributed by atoms with Crippen LogP contribution in [0.2, 0.25) is 0 Å². The molecule has 1 amide bonds. The Hall–Kier alpha value is -2.14. The first-order valence-corrected chi connectivity index (χ1v) is 7.02. The summed E-state index contributed by atoms with van der Waals surface area (Å²) in [5, 5.41) is 0.921. The molecule has 110 valence electrons. The van der Waals surface area contributed by atoms with Crippen molar-refractivity contribution in [2.24, 2.45) is 11.1 Å². The molecule has 5 heteroatoms. The van der Waals surface area contributed by atoms with E-state index in [2.05, 4.69) is 0 Å². The van der Waals surface area contributed by atoms with Crippen LogP contribution in [0.15, 0.2) is 34.7 Å². The highest BCUT2D eigenvalue weighted by molar-refractivity contribution is 5.98. The summed E-state index contributed by atoms with van der Waals surface area (Å²) in [5.74, 6) is -0.00927. The van der Waals surface area contributed by atoms with E-state index in [-0.39, 0.29) is 18.2 Å². The van der Waals surface area contributed by atoms with Crippen LogP contribution in [0.5, 0.6) is 0 Å². The largest absolute Gasteiger partial charge is 0.453 e. The smallest absolute Gasteiger partial charge is 0.224 e. The quantitative estimate of drug-likeness (QED) is 0.870. The molecule has 0 saturated carbocycles. The molecular formula is C16H18N2O3. The lowest BCUT2D eigenvalue weighted by molar-refractivity contribution is -0.126. The zero-order valence-corrected chi connectivity index (χ0v) is 12.0. The number of rotatable bonds is 4. The minimum Gasteiger partial charge on any atom is -0.453 e. The number of hydrogen-bond acceptors (Lipinski definition) is 4. The maximum Gasteiger partial charge on any atom is 0.224 e. The highest BCUT2D eigenvalue weighted by Crippen LogP contribution is 2.29. The third-order valence-corrected chi connectivity index (χ3v) is 4.21. The van der Waals surface area contributed by atoms with E-state index >= 15 is 0 Å². The number of carbonyl (C=O) groups is 2. The van der Waals surface area contributed by atoms with Gasteiger partial charge < -0.3 is 10.2 Å². The third-order valence-electron chi connectivity index (χ3n) is 4.21. The van der Waals surface area contributed by atoms with E-state index in [0.717, 1.165) is 5.39 Å². The average Bonchev–Trinajstić information content (AvgIpc) is 3.03. The van der Waals surface area contributed by atoms with E-state index in [9.17, 15) is 9.59 Å². The molecule has 3 rings (SSSR count). The van der Waals surface area contributed by atoms with Crippen molar-refractivity contribution in [3.8, 4) is 0 Å². The maximum absolute atomic E-state index is 12.3. The topological polar surface area (TPSA) is 76.5 Å². The number of Topliss-reactive ketones (excluding diaryl/α,β-unsaturated/α-hetero) is 1. The highest BCUT2D eigenvalue weighted by atomic mass is 16.3. The molecule has 1 aliphatic rings. The summed E-state index contributed by atoms with van der Waals surface area (Å²) in [4.78, 5) is 25.7. The molecule has 0 spiro atoms. The number of ketones is 1. The van der Waals surface area contributed by atoms with Gasteiger partial charge in [0.25, 0.3) is 0 Å². The molecule has 21 heavy (non-hydrogen) atoms.